The molecule has 3 rings (SSSR count). The number of hydrogen-bond acceptors (Lipinski definition) is 5. The highest BCUT2D eigenvalue weighted by Gasteiger charge is 2.15. The number of benzene rings is 1. The molecule has 0 spiro atoms. The lowest BCUT2D eigenvalue weighted by Gasteiger charge is -2.20. The summed E-state index contributed by atoms with van der Waals surface area (Å²) < 4.78 is 7.64. The van der Waals surface area contributed by atoms with Crippen LogP contribution < -0.4 is 5.32 Å². The van der Waals surface area contributed by atoms with Crippen LogP contribution in [0.1, 0.15) is 37.2 Å². The van der Waals surface area contributed by atoms with Gasteiger partial charge in [0.2, 0.25) is 11.8 Å². The van der Waals surface area contributed by atoms with Gasteiger partial charge in [0.25, 0.3) is 0 Å². The molecule has 0 unspecified atom stereocenters. The molecular weight excluding hydrogens is 290 g/mol. The van der Waals surface area contributed by atoms with Crippen molar-refractivity contribution >= 4 is 0 Å². The first-order valence-electron chi connectivity index (χ1n) is 7.80. The Hall–Kier alpha value is -2.47. The van der Waals surface area contributed by atoms with E-state index in [1.807, 2.05) is 35.1 Å². The Morgan fingerprint density at radius 1 is 1.09 bits per heavy atom. The monoisotopic (exact) mass is 311 g/mol. The molecule has 1 N–H and O–H groups in total. The Kier molecular flexibility index (Phi) is 4.83. The minimum absolute atomic E-state index is 0.236. The Labute approximate surface area is 135 Å². The van der Waals surface area contributed by atoms with Gasteiger partial charge in [-0.05, 0) is 25.5 Å². The van der Waals surface area contributed by atoms with E-state index in [9.17, 15) is 0 Å². The molecule has 2 atom stereocenters. The fraction of sp³-hybridized carbons (Fsp3) is 0.353. The van der Waals surface area contributed by atoms with Crippen LogP contribution in [0, 0.1) is 0 Å². The Morgan fingerprint density at radius 2 is 1.87 bits per heavy atom. The van der Waals surface area contributed by atoms with E-state index in [1.54, 1.807) is 6.20 Å². The highest BCUT2D eigenvalue weighted by atomic mass is 16.4. The second-order valence-electron chi connectivity index (χ2n) is 5.65. The van der Waals surface area contributed by atoms with Crippen molar-refractivity contribution in [3.05, 3.63) is 66.1 Å². The van der Waals surface area contributed by atoms with Crippen molar-refractivity contribution < 1.29 is 4.42 Å². The zero-order valence-corrected chi connectivity index (χ0v) is 13.4. The summed E-state index contributed by atoms with van der Waals surface area (Å²) in [6, 6.07) is 12.5. The molecule has 1 aromatic carbocycles. The molecule has 0 amide bonds. The van der Waals surface area contributed by atoms with E-state index in [1.165, 1.54) is 0 Å². The SMILES string of the molecule is C[C@H](NCc1nnc(Cc2ccccc2)o1)[C@H](C)n1cccn1. The number of nitrogens with one attached hydrogen (secondary N) is 1. The Bertz CT molecular complexity index is 708. The molecule has 6 nitrogen and oxygen atoms in total. The van der Waals surface area contributed by atoms with Crippen molar-refractivity contribution in [1.29, 1.82) is 0 Å². The predicted octanol–water partition coefficient (Wildman–Crippen LogP) is 2.60. The van der Waals surface area contributed by atoms with E-state index >= 15 is 0 Å². The van der Waals surface area contributed by atoms with Crippen LogP contribution in [-0.4, -0.2) is 26.0 Å². The topological polar surface area (TPSA) is 68.8 Å². The van der Waals surface area contributed by atoms with E-state index < -0.39 is 0 Å². The molecule has 0 aliphatic carbocycles. The van der Waals surface area contributed by atoms with Gasteiger partial charge >= 0.3 is 0 Å². The predicted molar refractivity (Wildman–Crippen MR) is 86.8 cm³/mol. The lowest BCUT2D eigenvalue weighted by Crippen LogP contribution is -2.33. The lowest BCUT2D eigenvalue weighted by atomic mass is 10.1. The van der Waals surface area contributed by atoms with Crippen molar-refractivity contribution in [2.24, 2.45) is 0 Å². The van der Waals surface area contributed by atoms with E-state index in [2.05, 4.69) is 46.6 Å². The van der Waals surface area contributed by atoms with Crippen LogP contribution in [0.3, 0.4) is 0 Å². The first kappa shape index (κ1) is 15.4. The van der Waals surface area contributed by atoms with Crippen LogP contribution >= 0.6 is 0 Å². The summed E-state index contributed by atoms with van der Waals surface area (Å²) in [5, 5.41) is 15.9. The molecule has 0 bridgehead atoms. The minimum atomic E-state index is 0.236. The zero-order valence-electron chi connectivity index (χ0n) is 13.4. The molecule has 6 heteroatoms. The molecule has 0 saturated carbocycles. The summed E-state index contributed by atoms with van der Waals surface area (Å²) in [5.41, 5.74) is 1.16. The first-order chi connectivity index (χ1) is 11.2. The highest BCUT2D eigenvalue weighted by molar-refractivity contribution is 5.17. The third kappa shape index (κ3) is 4.04. The maximum Gasteiger partial charge on any atom is 0.230 e. The summed E-state index contributed by atoms with van der Waals surface area (Å²) in [7, 11) is 0. The standard InChI is InChI=1S/C17H21N5O/c1-13(14(2)22-10-6-9-19-22)18-12-17-21-20-16(23-17)11-15-7-4-3-5-8-15/h3-10,13-14,18H,11-12H2,1-2H3/t13-,14-/m0/s1. The number of hydrogen-bond donors (Lipinski definition) is 1. The van der Waals surface area contributed by atoms with E-state index in [0.29, 0.717) is 24.7 Å². The van der Waals surface area contributed by atoms with Crippen LogP contribution in [0.15, 0.2) is 53.2 Å². The van der Waals surface area contributed by atoms with Gasteiger partial charge in [0.15, 0.2) is 0 Å². The highest BCUT2D eigenvalue weighted by Crippen LogP contribution is 2.11. The second-order valence-corrected chi connectivity index (χ2v) is 5.65. The van der Waals surface area contributed by atoms with Gasteiger partial charge in [-0.2, -0.15) is 5.10 Å². The minimum Gasteiger partial charge on any atom is -0.424 e. The number of rotatable bonds is 7. The van der Waals surface area contributed by atoms with Gasteiger partial charge < -0.3 is 9.73 Å². The smallest absolute Gasteiger partial charge is 0.230 e. The number of nitrogens with zero attached hydrogens (tertiary/aromatic N) is 4. The van der Waals surface area contributed by atoms with Crippen LogP contribution in [0.2, 0.25) is 0 Å². The summed E-state index contributed by atoms with van der Waals surface area (Å²) >= 11 is 0. The van der Waals surface area contributed by atoms with Gasteiger partial charge in [0, 0.05) is 18.4 Å². The molecule has 120 valence electrons. The Morgan fingerprint density at radius 3 is 2.61 bits per heavy atom. The maximum absolute atomic E-state index is 5.70. The summed E-state index contributed by atoms with van der Waals surface area (Å²) in [5.74, 6) is 1.25. The van der Waals surface area contributed by atoms with E-state index in [4.69, 9.17) is 4.42 Å². The molecule has 0 fully saturated rings. The fourth-order valence-corrected chi connectivity index (χ4v) is 2.37. The molecule has 23 heavy (non-hydrogen) atoms. The average molecular weight is 311 g/mol. The van der Waals surface area contributed by atoms with Crippen molar-refractivity contribution in [3.63, 3.8) is 0 Å². The summed E-state index contributed by atoms with van der Waals surface area (Å²) in [4.78, 5) is 0. The first-order valence-corrected chi connectivity index (χ1v) is 7.80. The third-order valence-electron chi connectivity index (χ3n) is 3.95. The van der Waals surface area contributed by atoms with Gasteiger partial charge in [-0.15, -0.1) is 10.2 Å². The van der Waals surface area contributed by atoms with Crippen LogP contribution in [0.5, 0.6) is 0 Å². The van der Waals surface area contributed by atoms with Crippen molar-refractivity contribution in [1.82, 2.24) is 25.3 Å². The van der Waals surface area contributed by atoms with Gasteiger partial charge in [-0.3, -0.25) is 4.68 Å². The molecule has 0 radical (unpaired) electrons. The average Bonchev–Trinajstić information content (AvgIpc) is 3.25. The van der Waals surface area contributed by atoms with Crippen molar-refractivity contribution in [3.8, 4) is 0 Å². The summed E-state index contributed by atoms with van der Waals surface area (Å²) in [6.07, 6.45) is 4.41. The third-order valence-corrected chi connectivity index (χ3v) is 3.95. The van der Waals surface area contributed by atoms with Crippen LogP contribution in [0.25, 0.3) is 0 Å². The lowest BCUT2D eigenvalue weighted by molar-refractivity contribution is 0.345. The van der Waals surface area contributed by atoms with E-state index in [0.717, 1.165) is 5.56 Å². The molecule has 2 heterocycles. The van der Waals surface area contributed by atoms with Gasteiger partial charge in [0.05, 0.1) is 19.0 Å². The summed E-state index contributed by atoms with van der Waals surface area (Å²) in [6.45, 7) is 4.79. The van der Waals surface area contributed by atoms with Gasteiger partial charge in [-0.25, -0.2) is 0 Å². The zero-order chi connectivity index (χ0) is 16.1. The second kappa shape index (κ2) is 7.19. The van der Waals surface area contributed by atoms with Crippen LogP contribution in [0.4, 0.5) is 0 Å². The molecule has 3 aromatic rings. The molecule has 0 saturated heterocycles. The van der Waals surface area contributed by atoms with Gasteiger partial charge in [0.1, 0.15) is 0 Å². The fourth-order valence-electron chi connectivity index (χ4n) is 2.37. The molecular formula is C17H21N5O. The molecule has 0 aliphatic rings. The largest absolute Gasteiger partial charge is 0.424 e. The molecule has 0 aliphatic heterocycles. The Balaban J connectivity index is 1.53. The van der Waals surface area contributed by atoms with Gasteiger partial charge in [-0.1, -0.05) is 30.3 Å². The van der Waals surface area contributed by atoms with E-state index in [-0.39, 0.29) is 12.1 Å². The number of aromatic nitrogens is 4. The molecule has 2 aromatic heterocycles. The quantitative estimate of drug-likeness (QED) is 0.726. The maximum atomic E-state index is 5.70. The normalized spacial score (nSPS) is 13.8. The van der Waals surface area contributed by atoms with Crippen LogP contribution in [-0.2, 0) is 13.0 Å². The van der Waals surface area contributed by atoms with Crippen molar-refractivity contribution in [2.45, 2.75) is 38.9 Å². The van der Waals surface area contributed by atoms with Crippen molar-refractivity contribution in [2.75, 3.05) is 0 Å².